The summed E-state index contributed by atoms with van der Waals surface area (Å²) in [5.41, 5.74) is 6.27. The highest BCUT2D eigenvalue weighted by atomic mass is 16.2. The molecular formula is C12H12N4O2. The van der Waals surface area contributed by atoms with E-state index in [1.807, 2.05) is 0 Å². The van der Waals surface area contributed by atoms with Crippen molar-refractivity contribution in [3.05, 3.63) is 0 Å². The molecular weight excluding hydrogens is 232 g/mol. The van der Waals surface area contributed by atoms with Crippen LogP contribution in [0.1, 0.15) is 25.7 Å². The number of hydrazone groups is 2. The maximum atomic E-state index is 12.2. The minimum atomic E-state index is -0.507. The lowest BCUT2D eigenvalue weighted by Gasteiger charge is -2.57. The fourth-order valence-electron chi connectivity index (χ4n) is 5.01. The summed E-state index contributed by atoms with van der Waals surface area (Å²) in [5.74, 6) is 0.536. The lowest BCUT2D eigenvalue weighted by molar-refractivity contribution is -0.136. The Bertz CT molecular complexity index is 545. The molecule has 6 nitrogen and oxygen atoms in total. The fraction of sp³-hybridized carbons (Fsp3) is 0.667. The largest absolute Gasteiger partial charge is 0.272 e. The van der Waals surface area contributed by atoms with Gasteiger partial charge in [-0.3, -0.25) is 9.59 Å². The van der Waals surface area contributed by atoms with E-state index < -0.39 is 10.8 Å². The molecule has 4 aliphatic carbocycles. The zero-order valence-electron chi connectivity index (χ0n) is 9.69. The second kappa shape index (κ2) is 2.37. The molecule has 4 atom stereocenters. The first kappa shape index (κ1) is 9.24. The Morgan fingerprint density at radius 1 is 0.944 bits per heavy atom. The van der Waals surface area contributed by atoms with Crippen LogP contribution in [0.15, 0.2) is 10.2 Å². The third-order valence-electron chi connectivity index (χ3n) is 5.54. The SMILES string of the molecule is O=C1NN=C2[C@H]3C[C@H]4C[C@]12C[C@]1(C3)C(=O)NN=C41. The Kier molecular flexibility index (Phi) is 1.22. The maximum absolute atomic E-state index is 12.2. The predicted octanol–water partition coefficient (Wildman–Crippen LogP) is -0.236. The molecule has 0 radical (unpaired) electrons. The van der Waals surface area contributed by atoms with E-state index in [4.69, 9.17) is 0 Å². The lowest BCUT2D eigenvalue weighted by atomic mass is 9.42. The standard InChI is InChI=1S/C12H12N4O2/c17-9-11-2-5-1-6(8(11)14-15-9)3-12(4-11)7(5)13-16-10(12)18/h5-6H,1-4H2,(H,15,17)(H,16,18)/t5-,6-,11-,12+/m0/s1. The Hall–Kier alpha value is -1.72. The molecule has 0 aromatic heterocycles. The number of nitrogens with one attached hydrogen (secondary N) is 2. The second-order valence-electron chi connectivity index (χ2n) is 6.25. The smallest absolute Gasteiger partial charge is 0.252 e. The zero-order valence-corrected chi connectivity index (χ0v) is 9.69. The van der Waals surface area contributed by atoms with Gasteiger partial charge in [0.15, 0.2) is 0 Å². The number of amides is 2. The van der Waals surface area contributed by atoms with Crippen LogP contribution in [0, 0.1) is 22.7 Å². The van der Waals surface area contributed by atoms with Crippen LogP contribution >= 0.6 is 0 Å². The molecule has 92 valence electrons. The summed E-state index contributed by atoms with van der Waals surface area (Å²) >= 11 is 0. The van der Waals surface area contributed by atoms with Gasteiger partial charge in [0.05, 0.1) is 22.3 Å². The van der Waals surface area contributed by atoms with Crippen LogP contribution in [0.3, 0.4) is 0 Å². The van der Waals surface area contributed by atoms with Crippen molar-refractivity contribution < 1.29 is 9.59 Å². The number of rotatable bonds is 0. The monoisotopic (exact) mass is 244 g/mol. The van der Waals surface area contributed by atoms with Gasteiger partial charge >= 0.3 is 0 Å². The molecule has 0 saturated heterocycles. The number of carbonyl (C=O) groups excluding carboxylic acids is 2. The molecule has 2 heterocycles. The average Bonchev–Trinajstić information content (AvgIpc) is 2.82. The molecule has 2 amide bonds. The third kappa shape index (κ3) is 0.693. The highest BCUT2D eigenvalue weighted by Crippen LogP contribution is 2.64. The molecule has 2 aliphatic heterocycles. The Balaban J connectivity index is 1.78. The Labute approximate surface area is 103 Å². The van der Waals surface area contributed by atoms with Crippen molar-refractivity contribution in [2.45, 2.75) is 25.7 Å². The number of hydrogen-bond acceptors (Lipinski definition) is 4. The fourth-order valence-corrected chi connectivity index (χ4v) is 5.01. The topological polar surface area (TPSA) is 82.9 Å². The van der Waals surface area contributed by atoms with Gasteiger partial charge in [0.2, 0.25) is 0 Å². The molecule has 2 N–H and O–H groups in total. The first-order chi connectivity index (χ1) is 8.66. The van der Waals surface area contributed by atoms with Gasteiger partial charge in [-0.1, -0.05) is 0 Å². The molecule has 6 heteroatoms. The predicted molar refractivity (Wildman–Crippen MR) is 61.5 cm³/mol. The minimum Gasteiger partial charge on any atom is -0.272 e. The third-order valence-corrected chi connectivity index (χ3v) is 5.54. The van der Waals surface area contributed by atoms with Crippen molar-refractivity contribution in [2.75, 3.05) is 0 Å². The summed E-state index contributed by atoms with van der Waals surface area (Å²) in [6.45, 7) is 0. The molecule has 6 aliphatic rings. The quantitative estimate of drug-likeness (QED) is 0.616. The first-order valence-corrected chi connectivity index (χ1v) is 6.43. The number of nitrogens with zero attached hydrogens (tertiary/aromatic N) is 2. The van der Waals surface area contributed by atoms with Crippen LogP contribution < -0.4 is 10.9 Å². The lowest BCUT2D eigenvalue weighted by Crippen LogP contribution is -2.65. The summed E-state index contributed by atoms with van der Waals surface area (Å²) in [6.07, 6.45) is 3.13. The molecule has 0 unspecified atom stereocenters. The van der Waals surface area contributed by atoms with Crippen molar-refractivity contribution in [3.8, 4) is 0 Å². The number of carbonyl (C=O) groups is 2. The summed E-state index contributed by atoms with van der Waals surface area (Å²) in [7, 11) is 0. The van der Waals surface area contributed by atoms with E-state index in [1.54, 1.807) is 0 Å². The summed E-state index contributed by atoms with van der Waals surface area (Å²) in [5, 5.41) is 8.50. The van der Waals surface area contributed by atoms with Gasteiger partial charge in [-0.15, -0.1) is 0 Å². The second-order valence-corrected chi connectivity index (χ2v) is 6.25. The van der Waals surface area contributed by atoms with Crippen molar-refractivity contribution >= 4 is 23.2 Å². The van der Waals surface area contributed by atoms with E-state index in [9.17, 15) is 9.59 Å². The Morgan fingerprint density at radius 3 is 1.94 bits per heavy atom. The summed E-state index contributed by atoms with van der Waals surface area (Å²) < 4.78 is 0. The van der Waals surface area contributed by atoms with E-state index >= 15 is 0 Å². The molecule has 2 spiro atoms. The van der Waals surface area contributed by atoms with Crippen LogP contribution in [-0.2, 0) is 9.59 Å². The molecule has 0 aromatic carbocycles. The van der Waals surface area contributed by atoms with Crippen LogP contribution in [0.25, 0.3) is 0 Å². The molecule has 4 bridgehead atoms. The number of hydrogen-bond donors (Lipinski definition) is 2. The highest BCUT2D eigenvalue weighted by molar-refractivity contribution is 6.23. The van der Waals surface area contributed by atoms with Gasteiger partial charge in [-0.25, -0.2) is 10.9 Å². The molecule has 4 fully saturated rings. The van der Waals surface area contributed by atoms with Gasteiger partial charge in [0.1, 0.15) is 0 Å². The van der Waals surface area contributed by atoms with Crippen molar-refractivity contribution in [1.29, 1.82) is 0 Å². The minimum absolute atomic E-state index is 0.00924. The van der Waals surface area contributed by atoms with Crippen molar-refractivity contribution in [1.82, 2.24) is 10.9 Å². The first-order valence-electron chi connectivity index (χ1n) is 6.43. The van der Waals surface area contributed by atoms with Gasteiger partial charge in [0, 0.05) is 11.8 Å². The van der Waals surface area contributed by atoms with Crippen molar-refractivity contribution in [3.63, 3.8) is 0 Å². The van der Waals surface area contributed by atoms with Crippen LogP contribution in [0.5, 0.6) is 0 Å². The van der Waals surface area contributed by atoms with E-state index in [-0.39, 0.29) is 23.7 Å². The maximum Gasteiger partial charge on any atom is 0.252 e. The molecule has 4 saturated carbocycles. The van der Waals surface area contributed by atoms with E-state index in [0.29, 0.717) is 6.42 Å². The summed E-state index contributed by atoms with van der Waals surface area (Å²) in [6, 6.07) is 0. The molecule has 6 rings (SSSR count). The van der Waals surface area contributed by atoms with Crippen LogP contribution in [-0.4, -0.2) is 23.2 Å². The average molecular weight is 244 g/mol. The van der Waals surface area contributed by atoms with Gasteiger partial charge in [-0.2, -0.15) is 10.2 Å². The molecule has 18 heavy (non-hydrogen) atoms. The van der Waals surface area contributed by atoms with Crippen molar-refractivity contribution in [2.24, 2.45) is 32.9 Å². The van der Waals surface area contributed by atoms with Crippen LogP contribution in [0.2, 0.25) is 0 Å². The molecule has 0 aromatic rings. The summed E-state index contributed by atoms with van der Waals surface area (Å²) in [4.78, 5) is 24.4. The van der Waals surface area contributed by atoms with Gasteiger partial charge in [0.25, 0.3) is 11.8 Å². The van der Waals surface area contributed by atoms with E-state index in [0.717, 1.165) is 30.7 Å². The van der Waals surface area contributed by atoms with E-state index in [1.165, 1.54) is 0 Å². The Morgan fingerprint density at radius 2 is 1.44 bits per heavy atom. The highest BCUT2D eigenvalue weighted by Gasteiger charge is 2.71. The van der Waals surface area contributed by atoms with Gasteiger partial charge < -0.3 is 0 Å². The normalized spacial score (nSPS) is 50.4. The zero-order chi connectivity index (χ0) is 12.1. The van der Waals surface area contributed by atoms with E-state index in [2.05, 4.69) is 21.1 Å². The van der Waals surface area contributed by atoms with Gasteiger partial charge in [-0.05, 0) is 25.7 Å². The van der Waals surface area contributed by atoms with Crippen LogP contribution in [0.4, 0.5) is 0 Å².